The summed E-state index contributed by atoms with van der Waals surface area (Å²) in [5.41, 5.74) is 3.20. The minimum atomic E-state index is -0.288. The number of pyridine rings is 1. The van der Waals surface area contributed by atoms with Gasteiger partial charge in [-0.15, -0.1) is 0 Å². The fourth-order valence-electron chi connectivity index (χ4n) is 5.24. The highest BCUT2D eigenvalue weighted by molar-refractivity contribution is 5.79. The molecular weight excluding hydrogens is 494 g/mol. The third kappa shape index (κ3) is 4.64. The molecule has 3 aromatic heterocycles. The van der Waals surface area contributed by atoms with Crippen LogP contribution in [0.5, 0.6) is 0 Å². The minimum Gasteiger partial charge on any atom is -0.366 e. The van der Waals surface area contributed by atoms with Crippen molar-refractivity contribution in [1.29, 1.82) is 0 Å². The Hall–Kier alpha value is -4.21. The van der Waals surface area contributed by atoms with Gasteiger partial charge in [0.1, 0.15) is 17.2 Å². The topological polar surface area (TPSA) is 127 Å². The van der Waals surface area contributed by atoms with E-state index in [1.807, 2.05) is 30.3 Å². The number of imidazole rings is 1. The molecule has 3 N–H and O–H groups in total. The number of hydrogen-bond donors (Lipinski definition) is 3. The summed E-state index contributed by atoms with van der Waals surface area (Å²) < 4.78 is 3.11. The van der Waals surface area contributed by atoms with Crippen molar-refractivity contribution in [3.63, 3.8) is 0 Å². The molecule has 200 valence electrons. The summed E-state index contributed by atoms with van der Waals surface area (Å²) in [5.74, 6) is 1.58. The molecule has 3 heterocycles. The van der Waals surface area contributed by atoms with Crippen LogP contribution in [0.2, 0.25) is 0 Å². The molecule has 0 saturated heterocycles. The predicted octanol–water partition coefficient (Wildman–Crippen LogP) is 3.65. The van der Waals surface area contributed by atoms with E-state index in [2.05, 4.69) is 31.7 Å². The highest BCUT2D eigenvalue weighted by atomic mass is 16.2. The van der Waals surface area contributed by atoms with Crippen molar-refractivity contribution >= 4 is 22.9 Å². The van der Waals surface area contributed by atoms with Crippen molar-refractivity contribution in [2.75, 3.05) is 5.32 Å². The number of anilines is 1. The third-order valence-corrected chi connectivity index (χ3v) is 8.03. The van der Waals surface area contributed by atoms with Crippen LogP contribution in [-0.2, 0) is 17.9 Å². The number of nitrogens with zero attached hydrogens (tertiary/aromatic N) is 4. The van der Waals surface area contributed by atoms with Crippen molar-refractivity contribution < 1.29 is 4.79 Å². The van der Waals surface area contributed by atoms with Crippen LogP contribution in [0.1, 0.15) is 68.2 Å². The van der Waals surface area contributed by atoms with E-state index in [-0.39, 0.29) is 35.2 Å². The number of carbonyl (C=O) groups excluding carboxylic acids is 1. The molecule has 3 saturated carbocycles. The van der Waals surface area contributed by atoms with Gasteiger partial charge in [0.2, 0.25) is 5.91 Å². The molecule has 0 radical (unpaired) electrons. The zero-order valence-electron chi connectivity index (χ0n) is 21.7. The first-order chi connectivity index (χ1) is 19.0. The molecule has 1 amide bonds. The van der Waals surface area contributed by atoms with Gasteiger partial charge in [0.05, 0.1) is 0 Å². The molecule has 0 unspecified atom stereocenters. The molecule has 10 heteroatoms. The lowest BCUT2D eigenvalue weighted by Crippen LogP contribution is -2.39. The lowest BCUT2D eigenvalue weighted by atomic mass is 9.85. The van der Waals surface area contributed by atoms with Crippen LogP contribution in [-0.4, -0.2) is 30.0 Å². The first-order valence-corrected chi connectivity index (χ1v) is 13.9. The second-order valence-corrected chi connectivity index (χ2v) is 11.0. The van der Waals surface area contributed by atoms with E-state index >= 15 is 0 Å². The zero-order chi connectivity index (χ0) is 26.5. The molecule has 10 nitrogen and oxygen atoms in total. The molecule has 0 atom stereocenters. The molecule has 3 fully saturated rings. The number of aromatic nitrogens is 5. The fraction of sp³-hybridized carbons (Fsp3) is 0.414. The van der Waals surface area contributed by atoms with E-state index in [0.29, 0.717) is 35.9 Å². The van der Waals surface area contributed by atoms with Crippen LogP contribution in [0.15, 0.2) is 52.2 Å². The number of nitrogens with one attached hydrogen (secondary N) is 3. The van der Waals surface area contributed by atoms with Gasteiger partial charge >= 0.3 is 5.69 Å². The number of carbonyl (C=O) groups is 1. The second kappa shape index (κ2) is 9.52. The summed E-state index contributed by atoms with van der Waals surface area (Å²) in [6.45, 7) is 1.13. The summed E-state index contributed by atoms with van der Waals surface area (Å²) >= 11 is 0. The Balaban J connectivity index is 1.06. The highest BCUT2D eigenvalue weighted by Crippen LogP contribution is 2.37. The molecule has 1 aromatic carbocycles. The summed E-state index contributed by atoms with van der Waals surface area (Å²) in [4.78, 5) is 50.8. The number of hydrogen-bond acceptors (Lipinski definition) is 6. The minimum absolute atomic E-state index is 0.00459. The van der Waals surface area contributed by atoms with Gasteiger partial charge in [0, 0.05) is 42.9 Å². The highest BCUT2D eigenvalue weighted by Gasteiger charge is 2.34. The van der Waals surface area contributed by atoms with Gasteiger partial charge in [-0.3, -0.25) is 18.7 Å². The van der Waals surface area contributed by atoms with Gasteiger partial charge in [0.15, 0.2) is 5.65 Å². The van der Waals surface area contributed by atoms with Gasteiger partial charge in [-0.25, -0.2) is 14.8 Å². The maximum absolute atomic E-state index is 13.1. The Kier molecular flexibility index (Phi) is 5.82. The van der Waals surface area contributed by atoms with Crippen LogP contribution in [0, 0.1) is 5.92 Å². The lowest BCUT2D eigenvalue weighted by molar-refractivity contribution is -0.127. The maximum atomic E-state index is 13.1. The monoisotopic (exact) mass is 525 g/mol. The van der Waals surface area contributed by atoms with E-state index in [1.54, 1.807) is 10.8 Å². The number of amides is 1. The quantitative estimate of drug-likeness (QED) is 0.306. The maximum Gasteiger partial charge on any atom is 0.333 e. The van der Waals surface area contributed by atoms with E-state index in [0.717, 1.165) is 61.6 Å². The summed E-state index contributed by atoms with van der Waals surface area (Å²) in [6, 6.07) is 12.0. The number of rotatable bonds is 9. The third-order valence-electron chi connectivity index (χ3n) is 8.03. The molecule has 0 bridgehead atoms. The largest absolute Gasteiger partial charge is 0.366 e. The Morgan fingerprint density at radius 1 is 0.949 bits per heavy atom. The van der Waals surface area contributed by atoms with Gasteiger partial charge < -0.3 is 15.6 Å². The second-order valence-electron chi connectivity index (χ2n) is 11.0. The molecular formula is C29H31N7O3. The standard InChI is InChI=1S/C29H31N7O3/c37-27(19-5-2-6-19)32-15-18-4-1-3-17(13-18)14-30-23-12-7-20(16-31-23)25-33-24-26(34-25)35(21-8-9-21)29(39)36(28(24)38)22-10-11-22/h1,3-4,7,12-13,16,19,21-22H,2,5-6,8-11,14-15H2,(H,30,31)(H,32,37)(H,33,34). The van der Waals surface area contributed by atoms with Crippen molar-refractivity contribution in [2.45, 2.75) is 70.1 Å². The van der Waals surface area contributed by atoms with Gasteiger partial charge in [-0.05, 0) is 61.8 Å². The summed E-state index contributed by atoms with van der Waals surface area (Å²) in [5, 5.41) is 6.39. The molecule has 0 spiro atoms. The van der Waals surface area contributed by atoms with Crippen LogP contribution < -0.4 is 21.9 Å². The van der Waals surface area contributed by atoms with Gasteiger partial charge in [0.25, 0.3) is 5.56 Å². The van der Waals surface area contributed by atoms with Gasteiger partial charge in [-0.2, -0.15) is 0 Å². The smallest absolute Gasteiger partial charge is 0.333 e. The summed E-state index contributed by atoms with van der Waals surface area (Å²) in [7, 11) is 0. The molecule has 0 aliphatic heterocycles. The molecule has 39 heavy (non-hydrogen) atoms. The van der Waals surface area contributed by atoms with Gasteiger partial charge in [-0.1, -0.05) is 30.7 Å². The molecule has 3 aliphatic carbocycles. The van der Waals surface area contributed by atoms with E-state index < -0.39 is 0 Å². The number of fused-ring (bicyclic) bond motifs is 1. The predicted molar refractivity (Wildman–Crippen MR) is 147 cm³/mol. The van der Waals surface area contributed by atoms with E-state index in [9.17, 15) is 14.4 Å². The lowest BCUT2D eigenvalue weighted by Gasteiger charge is -2.24. The van der Waals surface area contributed by atoms with Crippen LogP contribution >= 0.6 is 0 Å². The first kappa shape index (κ1) is 23.9. The normalized spacial score (nSPS) is 17.2. The van der Waals surface area contributed by atoms with Crippen LogP contribution in [0.3, 0.4) is 0 Å². The number of H-pyrrole nitrogens is 1. The fourth-order valence-corrected chi connectivity index (χ4v) is 5.24. The van der Waals surface area contributed by atoms with Crippen LogP contribution in [0.25, 0.3) is 22.6 Å². The Labute approximate surface area is 224 Å². The van der Waals surface area contributed by atoms with E-state index in [4.69, 9.17) is 0 Å². The van der Waals surface area contributed by atoms with Crippen LogP contribution in [0.4, 0.5) is 5.82 Å². The van der Waals surface area contributed by atoms with Crippen molar-refractivity contribution in [3.8, 4) is 11.4 Å². The number of aromatic amines is 1. The first-order valence-electron chi connectivity index (χ1n) is 13.9. The van der Waals surface area contributed by atoms with Crippen molar-refractivity contribution in [2.24, 2.45) is 5.92 Å². The van der Waals surface area contributed by atoms with Crippen molar-refractivity contribution in [1.82, 2.24) is 29.4 Å². The van der Waals surface area contributed by atoms with E-state index in [1.165, 1.54) is 4.57 Å². The Bertz CT molecular complexity index is 1670. The SMILES string of the molecule is O=C(NCc1cccc(CNc2ccc(-c3nc4c([nH]3)c(=O)n(C3CC3)c(=O)n4C3CC3)cn2)c1)C1CCC1. The molecule has 7 rings (SSSR count). The average Bonchev–Trinajstić information content (AvgIpc) is 3.85. The summed E-state index contributed by atoms with van der Waals surface area (Å²) in [6.07, 6.45) is 8.46. The molecule has 4 aromatic rings. The number of benzene rings is 1. The zero-order valence-corrected chi connectivity index (χ0v) is 21.7. The average molecular weight is 526 g/mol. The van der Waals surface area contributed by atoms with Crippen molar-refractivity contribution in [3.05, 3.63) is 74.6 Å². The Morgan fingerprint density at radius 2 is 1.69 bits per heavy atom. The molecule has 3 aliphatic rings. The Morgan fingerprint density at radius 3 is 2.36 bits per heavy atom.